The molecule has 108 valence electrons. The van der Waals surface area contributed by atoms with Crippen LogP contribution in [0.1, 0.15) is 26.7 Å². The van der Waals surface area contributed by atoms with Gasteiger partial charge in [0.15, 0.2) is 0 Å². The first-order valence-corrected chi connectivity index (χ1v) is 6.89. The van der Waals surface area contributed by atoms with Crippen LogP contribution in [-0.4, -0.2) is 37.5 Å². The smallest absolute Gasteiger partial charge is 0.389 e. The standard InChI is InChI=1S/C9H16F3NO4S/c1-6(2)7(8(14)15)13-18(16,17)5-3-4-9(10,11)12/h6-7,13H,3-5H2,1-2H3,(H,14,15)/t7-/m1/s1. The van der Waals surface area contributed by atoms with Crippen molar-refractivity contribution in [1.82, 2.24) is 4.72 Å². The maximum atomic E-state index is 11.8. The number of halogens is 3. The van der Waals surface area contributed by atoms with E-state index < -0.39 is 52.7 Å². The molecule has 2 N–H and O–H groups in total. The molecular weight excluding hydrogens is 275 g/mol. The second-order valence-corrected chi connectivity index (χ2v) is 6.09. The number of carbonyl (C=O) groups is 1. The van der Waals surface area contributed by atoms with Crippen molar-refractivity contribution in [2.24, 2.45) is 5.92 Å². The number of aliphatic carboxylic acids is 1. The van der Waals surface area contributed by atoms with Crippen LogP contribution >= 0.6 is 0 Å². The number of rotatable bonds is 7. The minimum absolute atomic E-state index is 0.500. The number of hydrogen-bond donors (Lipinski definition) is 2. The molecule has 0 aromatic rings. The number of carboxylic acids is 1. The van der Waals surface area contributed by atoms with Gasteiger partial charge in [0.2, 0.25) is 10.0 Å². The van der Waals surface area contributed by atoms with Gasteiger partial charge in [-0.25, -0.2) is 13.1 Å². The fraction of sp³-hybridized carbons (Fsp3) is 0.889. The predicted octanol–water partition coefficient (Wildman–Crippen LogP) is 1.36. The highest BCUT2D eigenvalue weighted by Gasteiger charge is 2.30. The Balaban J connectivity index is 4.43. The van der Waals surface area contributed by atoms with Crippen molar-refractivity contribution in [3.05, 3.63) is 0 Å². The Morgan fingerprint density at radius 3 is 2.17 bits per heavy atom. The Kier molecular flexibility index (Phi) is 6.08. The zero-order chi connectivity index (χ0) is 14.6. The Morgan fingerprint density at radius 1 is 1.33 bits per heavy atom. The van der Waals surface area contributed by atoms with Crippen LogP contribution in [0.2, 0.25) is 0 Å². The first-order valence-electron chi connectivity index (χ1n) is 5.24. The quantitative estimate of drug-likeness (QED) is 0.742. The molecule has 5 nitrogen and oxygen atoms in total. The van der Waals surface area contributed by atoms with Crippen molar-refractivity contribution < 1.29 is 31.5 Å². The molecule has 0 bridgehead atoms. The minimum Gasteiger partial charge on any atom is -0.480 e. The molecule has 0 saturated heterocycles. The number of sulfonamides is 1. The summed E-state index contributed by atoms with van der Waals surface area (Å²) in [7, 11) is -4.02. The van der Waals surface area contributed by atoms with Crippen LogP contribution in [0.4, 0.5) is 13.2 Å². The molecule has 0 heterocycles. The highest BCUT2D eigenvalue weighted by atomic mass is 32.2. The predicted molar refractivity (Wildman–Crippen MR) is 58.5 cm³/mol. The molecule has 0 aliphatic rings. The van der Waals surface area contributed by atoms with Gasteiger partial charge < -0.3 is 5.11 Å². The SMILES string of the molecule is CC(C)[C@@H](NS(=O)(=O)CCCC(F)(F)F)C(=O)O. The van der Waals surface area contributed by atoms with E-state index in [0.29, 0.717) is 0 Å². The Labute approximate surface area is 103 Å². The lowest BCUT2D eigenvalue weighted by atomic mass is 10.1. The average Bonchev–Trinajstić information content (AvgIpc) is 2.10. The summed E-state index contributed by atoms with van der Waals surface area (Å²) in [5, 5.41) is 8.75. The van der Waals surface area contributed by atoms with Gasteiger partial charge in [0.05, 0.1) is 5.75 Å². The van der Waals surface area contributed by atoms with Gasteiger partial charge in [-0.2, -0.15) is 13.2 Å². The molecule has 0 spiro atoms. The summed E-state index contributed by atoms with van der Waals surface area (Å²) in [5.41, 5.74) is 0. The van der Waals surface area contributed by atoms with Crippen LogP contribution in [0.15, 0.2) is 0 Å². The molecule has 1 atom stereocenters. The van der Waals surface area contributed by atoms with Gasteiger partial charge in [-0.3, -0.25) is 4.79 Å². The summed E-state index contributed by atoms with van der Waals surface area (Å²) in [5.74, 6) is -2.60. The van der Waals surface area contributed by atoms with Crippen molar-refractivity contribution in [3.8, 4) is 0 Å². The molecule has 0 aromatic heterocycles. The maximum absolute atomic E-state index is 11.8. The summed E-state index contributed by atoms with van der Waals surface area (Å²) in [4.78, 5) is 10.7. The molecular formula is C9H16F3NO4S. The van der Waals surface area contributed by atoms with Crippen molar-refractivity contribution in [1.29, 1.82) is 0 Å². The van der Waals surface area contributed by atoms with Gasteiger partial charge in [-0.1, -0.05) is 13.8 Å². The van der Waals surface area contributed by atoms with E-state index in [9.17, 15) is 26.4 Å². The molecule has 0 aliphatic heterocycles. The van der Waals surface area contributed by atoms with Crippen LogP contribution in [-0.2, 0) is 14.8 Å². The Morgan fingerprint density at radius 2 is 1.83 bits per heavy atom. The van der Waals surface area contributed by atoms with Crippen LogP contribution in [0.5, 0.6) is 0 Å². The van der Waals surface area contributed by atoms with E-state index in [4.69, 9.17) is 5.11 Å². The van der Waals surface area contributed by atoms with Crippen molar-refractivity contribution in [2.75, 3.05) is 5.75 Å². The molecule has 0 aliphatic carbocycles. The number of hydrogen-bond acceptors (Lipinski definition) is 3. The fourth-order valence-electron chi connectivity index (χ4n) is 1.19. The molecule has 0 aromatic carbocycles. The Hall–Kier alpha value is -0.830. The summed E-state index contributed by atoms with van der Waals surface area (Å²) >= 11 is 0. The third kappa shape index (κ3) is 7.49. The molecule has 18 heavy (non-hydrogen) atoms. The molecule has 0 rings (SSSR count). The highest BCUT2D eigenvalue weighted by molar-refractivity contribution is 7.89. The lowest BCUT2D eigenvalue weighted by Crippen LogP contribution is -2.45. The van der Waals surface area contributed by atoms with E-state index in [-0.39, 0.29) is 0 Å². The molecule has 0 unspecified atom stereocenters. The molecule has 0 saturated carbocycles. The second kappa shape index (κ2) is 6.37. The molecule has 0 radical (unpaired) electrons. The van der Waals surface area contributed by atoms with Crippen LogP contribution in [0, 0.1) is 5.92 Å². The van der Waals surface area contributed by atoms with Crippen molar-refractivity contribution in [3.63, 3.8) is 0 Å². The second-order valence-electron chi connectivity index (χ2n) is 4.22. The van der Waals surface area contributed by atoms with Crippen molar-refractivity contribution >= 4 is 16.0 Å². The van der Waals surface area contributed by atoms with Gasteiger partial charge in [0.1, 0.15) is 6.04 Å². The largest absolute Gasteiger partial charge is 0.480 e. The summed E-state index contributed by atoms with van der Waals surface area (Å²) in [6, 6.07) is -1.33. The average molecular weight is 291 g/mol. The van der Waals surface area contributed by atoms with E-state index in [1.807, 2.05) is 4.72 Å². The van der Waals surface area contributed by atoms with Crippen LogP contribution < -0.4 is 4.72 Å². The van der Waals surface area contributed by atoms with E-state index in [2.05, 4.69) is 0 Å². The first kappa shape index (κ1) is 17.2. The van der Waals surface area contributed by atoms with Crippen LogP contribution in [0.3, 0.4) is 0 Å². The molecule has 0 amide bonds. The zero-order valence-electron chi connectivity index (χ0n) is 9.99. The maximum Gasteiger partial charge on any atom is 0.389 e. The summed E-state index contributed by atoms with van der Waals surface area (Å²) < 4.78 is 60.2. The van der Waals surface area contributed by atoms with Gasteiger partial charge in [-0.15, -0.1) is 0 Å². The van der Waals surface area contributed by atoms with E-state index in [1.54, 1.807) is 0 Å². The number of alkyl halides is 3. The third-order valence-electron chi connectivity index (χ3n) is 2.11. The lowest BCUT2D eigenvalue weighted by molar-refractivity contribution is -0.140. The number of nitrogens with one attached hydrogen (secondary N) is 1. The topological polar surface area (TPSA) is 83.5 Å². The lowest BCUT2D eigenvalue weighted by Gasteiger charge is -2.18. The highest BCUT2D eigenvalue weighted by Crippen LogP contribution is 2.21. The van der Waals surface area contributed by atoms with Gasteiger partial charge in [-0.05, 0) is 12.3 Å². The Bertz CT molecular complexity index is 378. The van der Waals surface area contributed by atoms with Gasteiger partial charge in [0, 0.05) is 6.42 Å². The van der Waals surface area contributed by atoms with Crippen molar-refractivity contribution in [2.45, 2.75) is 38.9 Å². The normalized spacial score (nSPS) is 14.8. The zero-order valence-corrected chi connectivity index (χ0v) is 10.8. The fourth-order valence-corrected chi connectivity index (χ4v) is 2.59. The van der Waals surface area contributed by atoms with Crippen LogP contribution in [0.25, 0.3) is 0 Å². The molecule has 0 fully saturated rings. The summed E-state index contributed by atoms with van der Waals surface area (Å²) in [6.45, 7) is 2.99. The number of carboxylic acid groups (broad SMARTS) is 1. The third-order valence-corrected chi connectivity index (χ3v) is 3.55. The first-order chi connectivity index (χ1) is 7.94. The van der Waals surface area contributed by atoms with Gasteiger partial charge >= 0.3 is 12.1 Å². The van der Waals surface area contributed by atoms with E-state index >= 15 is 0 Å². The monoisotopic (exact) mass is 291 g/mol. The van der Waals surface area contributed by atoms with E-state index in [1.165, 1.54) is 13.8 Å². The van der Waals surface area contributed by atoms with E-state index in [0.717, 1.165) is 0 Å². The molecule has 9 heteroatoms. The summed E-state index contributed by atoms with van der Waals surface area (Å²) in [6.07, 6.45) is -6.23. The van der Waals surface area contributed by atoms with Gasteiger partial charge in [0.25, 0.3) is 0 Å². The minimum atomic E-state index is -4.42.